The second-order valence-electron chi connectivity index (χ2n) is 6.96. The van der Waals surface area contributed by atoms with Crippen molar-refractivity contribution in [1.82, 2.24) is 9.97 Å². The molecule has 0 aliphatic heterocycles. The maximum atomic E-state index is 14.0. The molecule has 1 heterocycles. The van der Waals surface area contributed by atoms with Gasteiger partial charge in [0.1, 0.15) is 0 Å². The summed E-state index contributed by atoms with van der Waals surface area (Å²) in [5.41, 5.74) is 0.0783. The van der Waals surface area contributed by atoms with Crippen LogP contribution in [0.2, 0.25) is 0 Å². The van der Waals surface area contributed by atoms with E-state index in [2.05, 4.69) is 20.6 Å². The maximum Gasteiger partial charge on any atom is 0.224 e. The van der Waals surface area contributed by atoms with E-state index in [0.29, 0.717) is 11.8 Å². The number of hydrogen-bond acceptors (Lipinski definition) is 4. The molecule has 5 rings (SSSR count). The molecule has 2 N–H and O–H groups in total. The quantitative estimate of drug-likeness (QED) is 0.891. The van der Waals surface area contributed by atoms with Crippen LogP contribution in [0.25, 0.3) is 0 Å². The molecular formula is C15H21FN4. The highest BCUT2D eigenvalue weighted by atomic mass is 19.1. The number of hydrogen-bond donors (Lipinski definition) is 2. The first-order chi connectivity index (χ1) is 9.66. The average molecular weight is 276 g/mol. The van der Waals surface area contributed by atoms with Crippen LogP contribution in [-0.4, -0.2) is 22.6 Å². The van der Waals surface area contributed by atoms with Gasteiger partial charge in [-0.25, -0.2) is 9.37 Å². The van der Waals surface area contributed by atoms with E-state index >= 15 is 0 Å². The normalized spacial score (nSPS) is 38.0. The second kappa shape index (κ2) is 4.30. The third-order valence-electron chi connectivity index (χ3n) is 5.39. The van der Waals surface area contributed by atoms with Gasteiger partial charge in [-0.15, -0.1) is 0 Å². The highest BCUT2D eigenvalue weighted by Crippen LogP contribution is 2.56. The van der Waals surface area contributed by atoms with Crippen LogP contribution in [0.5, 0.6) is 0 Å². The van der Waals surface area contributed by atoms with Crippen molar-refractivity contribution >= 4 is 11.8 Å². The van der Waals surface area contributed by atoms with Gasteiger partial charge in [0.05, 0.1) is 6.20 Å². The molecule has 0 radical (unpaired) electrons. The van der Waals surface area contributed by atoms with E-state index in [-0.39, 0.29) is 11.4 Å². The molecule has 4 bridgehead atoms. The van der Waals surface area contributed by atoms with Crippen molar-refractivity contribution in [2.75, 3.05) is 17.7 Å². The summed E-state index contributed by atoms with van der Waals surface area (Å²) in [5.74, 6) is 3.00. The molecule has 0 aromatic carbocycles. The van der Waals surface area contributed by atoms with Gasteiger partial charge < -0.3 is 10.6 Å². The van der Waals surface area contributed by atoms with Crippen LogP contribution < -0.4 is 10.6 Å². The Labute approximate surface area is 118 Å². The van der Waals surface area contributed by atoms with Crippen molar-refractivity contribution in [3.8, 4) is 0 Å². The third-order valence-corrected chi connectivity index (χ3v) is 5.39. The Balaban J connectivity index is 1.62. The van der Waals surface area contributed by atoms with Gasteiger partial charge >= 0.3 is 0 Å². The van der Waals surface area contributed by atoms with Crippen molar-refractivity contribution in [2.24, 2.45) is 17.8 Å². The Morgan fingerprint density at radius 1 is 1.15 bits per heavy atom. The molecule has 4 aliphatic carbocycles. The fourth-order valence-electron chi connectivity index (χ4n) is 5.09. The topological polar surface area (TPSA) is 49.8 Å². The summed E-state index contributed by atoms with van der Waals surface area (Å²) in [5, 5.41) is 6.34. The molecule has 1 aromatic heterocycles. The van der Waals surface area contributed by atoms with E-state index in [0.717, 1.165) is 17.8 Å². The van der Waals surface area contributed by atoms with Crippen LogP contribution in [0.1, 0.15) is 38.5 Å². The van der Waals surface area contributed by atoms with Gasteiger partial charge in [0.25, 0.3) is 0 Å². The Kier molecular flexibility index (Phi) is 2.66. The summed E-state index contributed by atoms with van der Waals surface area (Å²) >= 11 is 0. The predicted octanol–water partition coefficient (Wildman–Crippen LogP) is 3.04. The largest absolute Gasteiger partial charge is 0.362 e. The van der Waals surface area contributed by atoms with Crippen LogP contribution in [0.4, 0.5) is 16.2 Å². The van der Waals surface area contributed by atoms with E-state index < -0.39 is 0 Å². The number of rotatable bonds is 3. The summed E-state index contributed by atoms with van der Waals surface area (Å²) in [7, 11) is 1.75. The first-order valence-corrected chi connectivity index (χ1v) is 7.64. The van der Waals surface area contributed by atoms with Gasteiger partial charge in [-0.3, -0.25) is 0 Å². The Morgan fingerprint density at radius 2 is 1.75 bits per heavy atom. The molecule has 0 spiro atoms. The number of anilines is 2. The van der Waals surface area contributed by atoms with E-state index in [1.807, 2.05) is 0 Å². The molecule has 4 aliphatic rings. The van der Waals surface area contributed by atoms with Crippen LogP contribution in [0.3, 0.4) is 0 Å². The number of nitrogens with zero attached hydrogens (tertiary/aromatic N) is 2. The van der Waals surface area contributed by atoms with Gasteiger partial charge in [0.2, 0.25) is 5.95 Å². The lowest BCUT2D eigenvalue weighted by Crippen LogP contribution is -2.55. The highest BCUT2D eigenvalue weighted by molar-refractivity contribution is 5.44. The van der Waals surface area contributed by atoms with E-state index in [4.69, 9.17) is 0 Å². The van der Waals surface area contributed by atoms with Gasteiger partial charge in [-0.1, -0.05) is 0 Å². The van der Waals surface area contributed by atoms with Crippen LogP contribution in [0, 0.1) is 23.6 Å². The molecule has 20 heavy (non-hydrogen) atoms. The SMILES string of the molecule is CNc1ncc(F)c(NC23CC4CC(CC(C4)C2)C3)n1. The van der Waals surface area contributed by atoms with Gasteiger partial charge in [0.15, 0.2) is 11.6 Å². The zero-order valence-corrected chi connectivity index (χ0v) is 11.8. The molecule has 108 valence electrons. The number of halogens is 1. The Morgan fingerprint density at radius 3 is 2.30 bits per heavy atom. The fourth-order valence-corrected chi connectivity index (χ4v) is 5.09. The molecule has 1 aromatic rings. The molecule has 0 unspecified atom stereocenters. The first-order valence-electron chi connectivity index (χ1n) is 7.64. The summed E-state index contributed by atoms with van der Waals surface area (Å²) < 4.78 is 14.0. The summed E-state index contributed by atoms with van der Waals surface area (Å²) in [6.45, 7) is 0. The lowest BCUT2D eigenvalue weighted by atomic mass is 9.53. The van der Waals surface area contributed by atoms with Gasteiger partial charge in [-0.2, -0.15) is 4.98 Å². The molecule has 0 saturated heterocycles. The van der Waals surface area contributed by atoms with Crippen molar-refractivity contribution in [2.45, 2.75) is 44.1 Å². The van der Waals surface area contributed by atoms with E-state index in [9.17, 15) is 4.39 Å². The second-order valence-corrected chi connectivity index (χ2v) is 6.96. The van der Waals surface area contributed by atoms with Gasteiger partial charge in [0, 0.05) is 12.6 Å². The molecule has 0 atom stereocenters. The molecule has 4 nitrogen and oxygen atoms in total. The first kappa shape index (κ1) is 12.4. The predicted molar refractivity (Wildman–Crippen MR) is 76.1 cm³/mol. The molecule has 4 fully saturated rings. The zero-order chi connectivity index (χ0) is 13.7. The maximum absolute atomic E-state index is 14.0. The van der Waals surface area contributed by atoms with Crippen molar-refractivity contribution in [3.05, 3.63) is 12.0 Å². The Bertz CT molecular complexity index is 495. The smallest absolute Gasteiger partial charge is 0.224 e. The lowest BCUT2D eigenvalue weighted by Gasteiger charge is -2.57. The molecular weight excluding hydrogens is 255 g/mol. The van der Waals surface area contributed by atoms with Crippen LogP contribution in [-0.2, 0) is 0 Å². The average Bonchev–Trinajstić information content (AvgIpc) is 2.39. The highest BCUT2D eigenvalue weighted by Gasteiger charge is 2.51. The minimum Gasteiger partial charge on any atom is -0.362 e. The minimum atomic E-state index is -0.347. The standard InChI is InChI=1S/C15H21FN4/c1-17-14-18-8-12(16)13(19-14)20-15-5-9-2-10(6-15)4-11(3-9)7-15/h8-11H,2-7H2,1H3,(H2,17,18,19,20). The minimum absolute atomic E-state index is 0.0783. The zero-order valence-electron chi connectivity index (χ0n) is 11.8. The Hall–Kier alpha value is -1.39. The van der Waals surface area contributed by atoms with Crippen molar-refractivity contribution in [3.63, 3.8) is 0 Å². The third kappa shape index (κ3) is 1.95. The van der Waals surface area contributed by atoms with Crippen molar-refractivity contribution < 1.29 is 4.39 Å². The van der Waals surface area contributed by atoms with E-state index in [1.54, 1.807) is 7.05 Å². The van der Waals surface area contributed by atoms with Crippen LogP contribution >= 0.6 is 0 Å². The van der Waals surface area contributed by atoms with E-state index in [1.165, 1.54) is 44.7 Å². The monoisotopic (exact) mass is 276 g/mol. The number of nitrogens with one attached hydrogen (secondary N) is 2. The molecule has 0 amide bonds. The number of aromatic nitrogens is 2. The fraction of sp³-hybridized carbons (Fsp3) is 0.733. The van der Waals surface area contributed by atoms with Gasteiger partial charge in [-0.05, 0) is 56.3 Å². The summed E-state index contributed by atoms with van der Waals surface area (Å²) in [6.07, 6.45) is 8.94. The van der Waals surface area contributed by atoms with Crippen molar-refractivity contribution in [1.29, 1.82) is 0 Å². The molecule has 5 heteroatoms. The summed E-state index contributed by atoms with van der Waals surface area (Å²) in [6, 6.07) is 0. The van der Waals surface area contributed by atoms with Crippen LogP contribution in [0.15, 0.2) is 6.20 Å². The lowest BCUT2D eigenvalue weighted by molar-refractivity contribution is 0.0104. The molecule has 4 saturated carbocycles. The summed E-state index contributed by atoms with van der Waals surface area (Å²) in [4.78, 5) is 8.17.